The standard InChI is InChI=1S/C18H16F2N6/c1-11-13(19)5-4-12(16(11)20)17-18(14-3-2-7-25(14)23-17)24-8-6-15-21-9-22-26(15)10-24/h4-6,8-9H,2-3,7,10H2,1H3. The maximum atomic E-state index is 14.8. The average Bonchev–Trinajstić information content (AvgIpc) is 3.34. The van der Waals surface area contributed by atoms with Gasteiger partial charge in [-0.25, -0.2) is 18.4 Å². The van der Waals surface area contributed by atoms with Gasteiger partial charge in [0.05, 0.1) is 11.4 Å². The molecular weight excluding hydrogens is 338 g/mol. The molecule has 0 amide bonds. The van der Waals surface area contributed by atoms with Crippen molar-refractivity contribution in [2.45, 2.75) is 33.0 Å². The number of hydrogen-bond donors (Lipinski definition) is 0. The first-order valence-electron chi connectivity index (χ1n) is 8.51. The summed E-state index contributed by atoms with van der Waals surface area (Å²) in [5, 5.41) is 8.86. The lowest BCUT2D eigenvalue weighted by Crippen LogP contribution is -2.26. The van der Waals surface area contributed by atoms with Gasteiger partial charge in [-0.15, -0.1) is 0 Å². The number of nitrogens with zero attached hydrogens (tertiary/aromatic N) is 6. The quantitative estimate of drug-likeness (QED) is 0.710. The summed E-state index contributed by atoms with van der Waals surface area (Å²) < 4.78 is 32.2. The van der Waals surface area contributed by atoms with Gasteiger partial charge in [0.2, 0.25) is 0 Å². The molecule has 3 aromatic rings. The normalized spacial score (nSPS) is 15.4. The fourth-order valence-corrected chi connectivity index (χ4v) is 3.65. The summed E-state index contributed by atoms with van der Waals surface area (Å²) in [5.41, 5.74) is 2.78. The SMILES string of the molecule is Cc1c(F)ccc(-c2nn3c(c2N2C=Cc4ncnn4C2)CCC3)c1F. The van der Waals surface area contributed by atoms with E-state index in [-0.39, 0.29) is 5.56 Å². The molecule has 0 N–H and O–H groups in total. The van der Waals surface area contributed by atoms with Gasteiger partial charge >= 0.3 is 0 Å². The summed E-state index contributed by atoms with van der Waals surface area (Å²) in [4.78, 5) is 6.18. The second-order valence-electron chi connectivity index (χ2n) is 6.55. The molecule has 8 heteroatoms. The third-order valence-electron chi connectivity index (χ3n) is 5.01. The fraction of sp³-hybridized carbons (Fsp3) is 0.278. The van der Waals surface area contributed by atoms with Gasteiger partial charge in [0, 0.05) is 23.9 Å². The average molecular weight is 354 g/mol. The van der Waals surface area contributed by atoms with Crippen molar-refractivity contribution in [3.63, 3.8) is 0 Å². The van der Waals surface area contributed by atoms with E-state index in [1.165, 1.54) is 25.4 Å². The van der Waals surface area contributed by atoms with E-state index >= 15 is 0 Å². The minimum Gasteiger partial charge on any atom is -0.324 e. The molecule has 0 spiro atoms. The second kappa shape index (κ2) is 5.48. The Morgan fingerprint density at radius 1 is 1.15 bits per heavy atom. The van der Waals surface area contributed by atoms with E-state index in [1.807, 2.05) is 21.9 Å². The van der Waals surface area contributed by atoms with Crippen LogP contribution in [0.2, 0.25) is 0 Å². The highest BCUT2D eigenvalue weighted by molar-refractivity contribution is 5.80. The van der Waals surface area contributed by atoms with Crippen molar-refractivity contribution in [3.05, 3.63) is 53.4 Å². The van der Waals surface area contributed by atoms with Gasteiger partial charge in [0.1, 0.15) is 30.3 Å². The molecule has 0 saturated heterocycles. The molecule has 26 heavy (non-hydrogen) atoms. The van der Waals surface area contributed by atoms with E-state index in [4.69, 9.17) is 0 Å². The highest BCUT2D eigenvalue weighted by Gasteiger charge is 2.29. The summed E-state index contributed by atoms with van der Waals surface area (Å²) in [5.74, 6) is -0.342. The summed E-state index contributed by atoms with van der Waals surface area (Å²) in [7, 11) is 0. The van der Waals surface area contributed by atoms with Gasteiger partial charge < -0.3 is 4.90 Å². The van der Waals surface area contributed by atoms with Crippen molar-refractivity contribution in [1.29, 1.82) is 0 Å². The van der Waals surface area contributed by atoms with Gasteiger partial charge in [-0.1, -0.05) is 0 Å². The molecule has 0 saturated carbocycles. The van der Waals surface area contributed by atoms with E-state index in [1.54, 1.807) is 4.68 Å². The zero-order valence-corrected chi connectivity index (χ0v) is 14.2. The zero-order chi connectivity index (χ0) is 17.8. The number of fused-ring (bicyclic) bond motifs is 2. The minimum atomic E-state index is -0.564. The molecule has 0 atom stereocenters. The molecule has 132 valence electrons. The van der Waals surface area contributed by atoms with Crippen molar-refractivity contribution in [3.8, 4) is 11.3 Å². The van der Waals surface area contributed by atoms with Gasteiger partial charge in [-0.05, 0) is 38.0 Å². The Labute approximate surface area is 148 Å². The third-order valence-corrected chi connectivity index (χ3v) is 5.01. The predicted octanol–water partition coefficient (Wildman–Crippen LogP) is 3.12. The van der Waals surface area contributed by atoms with Crippen LogP contribution in [0.15, 0.2) is 24.7 Å². The van der Waals surface area contributed by atoms with Crippen molar-refractivity contribution >= 4 is 11.8 Å². The van der Waals surface area contributed by atoms with Crippen LogP contribution in [0.5, 0.6) is 0 Å². The van der Waals surface area contributed by atoms with Crippen molar-refractivity contribution in [1.82, 2.24) is 24.5 Å². The molecule has 0 radical (unpaired) electrons. The van der Waals surface area contributed by atoms with Gasteiger partial charge in [-0.2, -0.15) is 10.2 Å². The number of rotatable bonds is 2. The van der Waals surface area contributed by atoms with E-state index in [0.29, 0.717) is 17.9 Å². The summed E-state index contributed by atoms with van der Waals surface area (Å²) in [6.45, 7) is 2.72. The molecule has 0 unspecified atom stereocenters. The second-order valence-corrected chi connectivity index (χ2v) is 6.55. The summed E-state index contributed by atoms with van der Waals surface area (Å²) in [6.07, 6.45) is 7.17. The molecule has 4 heterocycles. The highest BCUT2D eigenvalue weighted by Crippen LogP contribution is 2.39. The fourth-order valence-electron chi connectivity index (χ4n) is 3.65. The topological polar surface area (TPSA) is 51.8 Å². The van der Waals surface area contributed by atoms with Crippen LogP contribution in [0.4, 0.5) is 14.5 Å². The third kappa shape index (κ3) is 2.11. The summed E-state index contributed by atoms with van der Waals surface area (Å²) >= 11 is 0. The van der Waals surface area contributed by atoms with Gasteiger partial charge in [0.15, 0.2) is 5.82 Å². The van der Waals surface area contributed by atoms with Crippen LogP contribution in [0, 0.1) is 18.6 Å². The number of halogens is 2. The van der Waals surface area contributed by atoms with Crippen LogP contribution in [-0.2, 0) is 19.6 Å². The molecule has 5 rings (SSSR count). The lowest BCUT2D eigenvalue weighted by Gasteiger charge is -2.25. The van der Waals surface area contributed by atoms with Gasteiger partial charge in [-0.3, -0.25) is 4.68 Å². The van der Waals surface area contributed by atoms with Crippen molar-refractivity contribution in [2.24, 2.45) is 0 Å². The largest absolute Gasteiger partial charge is 0.324 e. The number of anilines is 1. The van der Waals surface area contributed by atoms with Gasteiger partial charge in [0.25, 0.3) is 0 Å². The molecule has 0 fully saturated rings. The number of benzene rings is 1. The Morgan fingerprint density at radius 2 is 2.04 bits per heavy atom. The zero-order valence-electron chi connectivity index (χ0n) is 14.2. The molecule has 0 bridgehead atoms. The molecule has 0 aliphatic carbocycles. The Bertz CT molecular complexity index is 1050. The molecular formula is C18H16F2N6. The van der Waals surface area contributed by atoms with Crippen LogP contribution >= 0.6 is 0 Å². The smallest absolute Gasteiger partial charge is 0.154 e. The van der Waals surface area contributed by atoms with Crippen LogP contribution in [0.3, 0.4) is 0 Å². The monoisotopic (exact) mass is 354 g/mol. The Kier molecular flexibility index (Phi) is 3.22. The Morgan fingerprint density at radius 3 is 2.92 bits per heavy atom. The summed E-state index contributed by atoms with van der Waals surface area (Å²) in [6, 6.07) is 2.76. The lowest BCUT2D eigenvalue weighted by atomic mass is 10.0. The van der Waals surface area contributed by atoms with Crippen molar-refractivity contribution < 1.29 is 8.78 Å². The molecule has 6 nitrogen and oxygen atoms in total. The first kappa shape index (κ1) is 15.2. The first-order chi connectivity index (χ1) is 12.6. The maximum Gasteiger partial charge on any atom is 0.154 e. The van der Waals surface area contributed by atoms with E-state index in [2.05, 4.69) is 15.2 Å². The van der Waals surface area contributed by atoms with Crippen LogP contribution in [0.25, 0.3) is 17.3 Å². The molecule has 1 aromatic carbocycles. The maximum absolute atomic E-state index is 14.8. The number of hydrogen-bond acceptors (Lipinski definition) is 4. The van der Waals surface area contributed by atoms with Crippen molar-refractivity contribution in [2.75, 3.05) is 4.90 Å². The van der Waals surface area contributed by atoms with E-state index < -0.39 is 11.6 Å². The number of aromatic nitrogens is 5. The first-order valence-corrected chi connectivity index (χ1v) is 8.51. The van der Waals surface area contributed by atoms with E-state index in [0.717, 1.165) is 36.6 Å². The predicted molar refractivity (Wildman–Crippen MR) is 92.2 cm³/mol. The van der Waals surface area contributed by atoms with Crippen LogP contribution in [-0.4, -0.2) is 24.5 Å². The van der Waals surface area contributed by atoms with E-state index in [9.17, 15) is 8.78 Å². The molecule has 2 aromatic heterocycles. The number of aryl methyl sites for hydroxylation is 1. The van der Waals surface area contributed by atoms with Crippen LogP contribution in [0.1, 0.15) is 23.5 Å². The highest BCUT2D eigenvalue weighted by atomic mass is 19.1. The lowest BCUT2D eigenvalue weighted by molar-refractivity contribution is 0.569. The Balaban J connectivity index is 1.68. The molecule has 2 aliphatic heterocycles. The van der Waals surface area contributed by atoms with Crippen LogP contribution < -0.4 is 4.90 Å². The molecule has 2 aliphatic rings. The minimum absolute atomic E-state index is 0.00866. The Hall–Kier alpha value is -3.03.